The van der Waals surface area contributed by atoms with Crippen molar-refractivity contribution in [3.63, 3.8) is 0 Å². The third-order valence-electron chi connectivity index (χ3n) is 8.56. The summed E-state index contributed by atoms with van der Waals surface area (Å²) in [5.74, 6) is 1.71. The summed E-state index contributed by atoms with van der Waals surface area (Å²) in [5, 5.41) is 3.86. The van der Waals surface area contributed by atoms with Gasteiger partial charge in [-0.1, -0.05) is 92.1 Å². The third-order valence-corrected chi connectivity index (χ3v) is 8.56. The van der Waals surface area contributed by atoms with Gasteiger partial charge < -0.3 is 15.0 Å². The average molecular weight is 493 g/mol. The summed E-state index contributed by atoms with van der Waals surface area (Å²) >= 11 is 0. The van der Waals surface area contributed by atoms with Crippen LogP contribution in [0.4, 0.5) is 5.69 Å². The van der Waals surface area contributed by atoms with Crippen molar-refractivity contribution in [3.8, 4) is 5.75 Å². The van der Waals surface area contributed by atoms with Gasteiger partial charge in [0.05, 0.1) is 17.3 Å². The molecule has 1 fully saturated rings. The summed E-state index contributed by atoms with van der Waals surface area (Å²) in [4.78, 5) is 15.8. The van der Waals surface area contributed by atoms with E-state index >= 15 is 0 Å². The lowest BCUT2D eigenvalue weighted by molar-refractivity contribution is 0.0697. The number of rotatable bonds is 6. The molecule has 0 spiro atoms. The van der Waals surface area contributed by atoms with Crippen LogP contribution in [0, 0.1) is 5.92 Å². The predicted octanol–water partition coefficient (Wildman–Crippen LogP) is 7.50. The van der Waals surface area contributed by atoms with Crippen LogP contribution in [-0.4, -0.2) is 23.9 Å². The minimum absolute atomic E-state index is 0.0633. The second kappa shape index (κ2) is 10.5. The maximum Gasteiger partial charge on any atom is 0.255 e. The summed E-state index contributed by atoms with van der Waals surface area (Å²) in [6.45, 7) is 0.531. The van der Waals surface area contributed by atoms with Gasteiger partial charge in [0.1, 0.15) is 12.4 Å². The highest BCUT2D eigenvalue weighted by molar-refractivity contribution is 6.01. The number of hydrogen-bond acceptors (Lipinski definition) is 3. The number of carbonyl (C=O) groups is 1. The van der Waals surface area contributed by atoms with E-state index in [1.54, 1.807) is 0 Å². The molecule has 0 saturated heterocycles. The Morgan fingerprint density at radius 2 is 1.68 bits per heavy atom. The van der Waals surface area contributed by atoms with E-state index in [4.69, 9.17) is 4.74 Å². The van der Waals surface area contributed by atoms with Crippen LogP contribution in [0.5, 0.6) is 5.75 Å². The fourth-order valence-electron chi connectivity index (χ4n) is 6.54. The second-order valence-corrected chi connectivity index (χ2v) is 10.8. The molecule has 2 aliphatic carbocycles. The number of nitrogens with one attached hydrogen (secondary N) is 1. The normalized spacial score (nSPS) is 22.6. The Bertz CT molecular complexity index is 1280. The first-order valence-electron chi connectivity index (χ1n) is 13.8. The van der Waals surface area contributed by atoms with Crippen molar-refractivity contribution in [2.24, 2.45) is 5.92 Å². The van der Waals surface area contributed by atoms with E-state index in [1.165, 1.54) is 24.8 Å². The van der Waals surface area contributed by atoms with Crippen LogP contribution < -0.4 is 10.1 Å². The van der Waals surface area contributed by atoms with Gasteiger partial charge >= 0.3 is 0 Å². The molecule has 3 unspecified atom stereocenters. The number of nitrogens with zero attached hydrogens (tertiary/aromatic N) is 1. The zero-order valence-corrected chi connectivity index (χ0v) is 21.6. The van der Waals surface area contributed by atoms with Gasteiger partial charge in [-0.2, -0.15) is 0 Å². The zero-order valence-electron chi connectivity index (χ0n) is 21.6. The number of ether oxygens (including phenoxy) is 1. The molecule has 1 N–H and O–H groups in total. The summed E-state index contributed by atoms with van der Waals surface area (Å²) in [5.41, 5.74) is 5.33. The fourth-order valence-corrected chi connectivity index (χ4v) is 6.54. The van der Waals surface area contributed by atoms with E-state index in [0.29, 0.717) is 18.6 Å². The van der Waals surface area contributed by atoms with Crippen molar-refractivity contribution >= 4 is 11.6 Å². The molecular weight excluding hydrogens is 456 g/mol. The summed E-state index contributed by atoms with van der Waals surface area (Å²) in [7, 11) is 1.99. The summed E-state index contributed by atoms with van der Waals surface area (Å²) in [6, 6.07) is 25.3. The Morgan fingerprint density at radius 3 is 2.51 bits per heavy atom. The Labute approximate surface area is 220 Å². The number of benzene rings is 3. The molecule has 37 heavy (non-hydrogen) atoms. The van der Waals surface area contributed by atoms with Gasteiger partial charge in [0.25, 0.3) is 5.91 Å². The smallest absolute Gasteiger partial charge is 0.255 e. The van der Waals surface area contributed by atoms with E-state index in [9.17, 15) is 4.79 Å². The quantitative estimate of drug-likeness (QED) is 0.362. The van der Waals surface area contributed by atoms with Crippen LogP contribution in [0.25, 0.3) is 0 Å². The highest BCUT2D eigenvalue weighted by Gasteiger charge is 2.40. The van der Waals surface area contributed by atoms with E-state index in [-0.39, 0.29) is 17.9 Å². The molecule has 3 aliphatic rings. The molecular formula is C33H36N2O2. The Morgan fingerprint density at radius 1 is 0.919 bits per heavy atom. The van der Waals surface area contributed by atoms with Crippen LogP contribution in [0.1, 0.15) is 77.5 Å². The first kappa shape index (κ1) is 23.8. The Hall–Kier alpha value is -3.53. The van der Waals surface area contributed by atoms with E-state index in [0.717, 1.165) is 47.4 Å². The van der Waals surface area contributed by atoms with Crippen LogP contribution in [0.2, 0.25) is 0 Å². The molecule has 190 valence electrons. The van der Waals surface area contributed by atoms with Crippen LogP contribution >= 0.6 is 0 Å². The highest BCUT2D eigenvalue weighted by atomic mass is 16.5. The lowest BCUT2D eigenvalue weighted by atomic mass is 9.76. The second-order valence-electron chi connectivity index (χ2n) is 10.8. The number of hydrogen-bond donors (Lipinski definition) is 1. The molecule has 1 saturated carbocycles. The number of carbonyl (C=O) groups excluding carboxylic acids is 1. The van der Waals surface area contributed by atoms with Gasteiger partial charge in [-0.3, -0.25) is 4.79 Å². The van der Waals surface area contributed by atoms with Gasteiger partial charge in [-0.15, -0.1) is 0 Å². The molecule has 1 amide bonds. The van der Waals surface area contributed by atoms with Crippen molar-refractivity contribution in [1.29, 1.82) is 0 Å². The minimum atomic E-state index is 0.0633. The molecule has 4 heteroatoms. The predicted molar refractivity (Wildman–Crippen MR) is 149 cm³/mol. The number of allylic oxidation sites excluding steroid dienone is 2. The van der Waals surface area contributed by atoms with Crippen LogP contribution in [0.3, 0.4) is 0 Å². The SMILES string of the molecule is CN(C(=O)c1cccc2c1NC(c1ccccc1OCc1ccccc1)C1CC=CC21)C1CCCCC1. The summed E-state index contributed by atoms with van der Waals surface area (Å²) in [6.07, 6.45) is 11.6. The standard InChI is InChI=1S/C33H36N2O2/c1-35(24-14-6-3-7-15-24)33(36)29-20-11-19-27-25-17-10-18-26(25)31(34-32(27)29)28-16-8-9-21-30(28)37-22-23-12-4-2-5-13-23/h2,4-5,8-13,16-17,19-21,24-26,31,34H,3,6-7,14-15,18,22H2,1H3. The molecule has 3 aromatic carbocycles. The molecule has 0 radical (unpaired) electrons. The fraction of sp³-hybridized carbons (Fsp3) is 0.364. The largest absolute Gasteiger partial charge is 0.489 e. The van der Waals surface area contributed by atoms with Gasteiger partial charge in [-0.05, 0) is 48.4 Å². The molecule has 4 nitrogen and oxygen atoms in total. The van der Waals surface area contributed by atoms with Gasteiger partial charge in [0.15, 0.2) is 0 Å². The third kappa shape index (κ3) is 4.66. The first-order chi connectivity index (χ1) is 18.2. The number of para-hydroxylation sites is 2. The Balaban J connectivity index is 1.32. The first-order valence-corrected chi connectivity index (χ1v) is 13.8. The average Bonchev–Trinajstić information content (AvgIpc) is 3.46. The van der Waals surface area contributed by atoms with Crippen molar-refractivity contribution in [3.05, 3.63) is 107 Å². The molecule has 3 aromatic rings. The molecule has 1 aliphatic heterocycles. The molecule has 3 atom stereocenters. The lowest BCUT2D eigenvalue weighted by Gasteiger charge is -2.39. The molecule has 0 bridgehead atoms. The van der Waals surface area contributed by atoms with Gasteiger partial charge in [0, 0.05) is 24.6 Å². The minimum Gasteiger partial charge on any atom is -0.489 e. The summed E-state index contributed by atoms with van der Waals surface area (Å²) < 4.78 is 6.37. The van der Waals surface area contributed by atoms with E-state index in [2.05, 4.69) is 59.9 Å². The zero-order chi connectivity index (χ0) is 25.2. The van der Waals surface area contributed by atoms with Gasteiger partial charge in [-0.25, -0.2) is 0 Å². The highest BCUT2D eigenvalue weighted by Crippen LogP contribution is 2.52. The van der Waals surface area contributed by atoms with Crippen LogP contribution in [0.15, 0.2) is 84.9 Å². The Kier molecular flexibility index (Phi) is 6.73. The maximum absolute atomic E-state index is 13.8. The van der Waals surface area contributed by atoms with Crippen molar-refractivity contribution in [2.75, 3.05) is 12.4 Å². The number of fused-ring (bicyclic) bond motifs is 3. The number of amides is 1. The maximum atomic E-state index is 13.8. The van der Waals surface area contributed by atoms with E-state index < -0.39 is 0 Å². The lowest BCUT2D eigenvalue weighted by Crippen LogP contribution is -2.39. The van der Waals surface area contributed by atoms with E-state index in [1.807, 2.05) is 42.3 Å². The van der Waals surface area contributed by atoms with Crippen molar-refractivity contribution in [1.82, 2.24) is 4.90 Å². The molecule has 0 aromatic heterocycles. The monoisotopic (exact) mass is 492 g/mol. The van der Waals surface area contributed by atoms with Crippen molar-refractivity contribution in [2.45, 2.75) is 63.1 Å². The van der Waals surface area contributed by atoms with Gasteiger partial charge in [0.2, 0.25) is 0 Å². The molecule has 1 heterocycles. The van der Waals surface area contributed by atoms with Crippen LogP contribution in [-0.2, 0) is 6.61 Å². The van der Waals surface area contributed by atoms with Crippen molar-refractivity contribution < 1.29 is 9.53 Å². The number of anilines is 1. The topological polar surface area (TPSA) is 41.6 Å². The molecule has 6 rings (SSSR count).